The molecule has 2 nitrogen and oxygen atoms in total. The maximum Gasteiger partial charge on any atom is 0.247 e. The number of carbonyl (C=O) groups excluding carboxylic acids is 1. The van der Waals surface area contributed by atoms with E-state index < -0.39 is 5.38 Å². The van der Waals surface area contributed by atoms with Crippen LogP contribution in [0.4, 0.5) is 5.69 Å². The van der Waals surface area contributed by atoms with Crippen LogP contribution < -0.4 is 5.32 Å². The van der Waals surface area contributed by atoms with Crippen LogP contribution in [0.25, 0.3) is 0 Å². The molecule has 1 N–H and O–H groups in total. The van der Waals surface area contributed by atoms with Crippen LogP contribution in [-0.4, -0.2) is 5.91 Å². The minimum absolute atomic E-state index is 0.295. The van der Waals surface area contributed by atoms with Gasteiger partial charge in [0.15, 0.2) is 0 Å². The van der Waals surface area contributed by atoms with E-state index in [0.717, 1.165) is 5.56 Å². The third-order valence-corrected chi connectivity index (χ3v) is 3.23. The molecule has 1 atom stereocenters. The Bertz CT molecular complexity index is 543. The molecule has 2 rings (SSSR count). The van der Waals surface area contributed by atoms with E-state index in [1.807, 2.05) is 30.3 Å². The molecule has 0 spiro atoms. The van der Waals surface area contributed by atoms with Crippen molar-refractivity contribution in [3.63, 3.8) is 0 Å². The number of amides is 1. The topological polar surface area (TPSA) is 29.1 Å². The van der Waals surface area contributed by atoms with Gasteiger partial charge in [0, 0.05) is 0 Å². The summed E-state index contributed by atoms with van der Waals surface area (Å²) >= 11 is 12.1. The predicted octanol–water partition coefficient (Wildman–Crippen LogP) is 4.26. The highest BCUT2D eigenvalue weighted by atomic mass is 35.5. The van der Waals surface area contributed by atoms with Crippen LogP contribution in [-0.2, 0) is 4.79 Å². The highest BCUT2D eigenvalue weighted by Gasteiger charge is 2.17. The van der Waals surface area contributed by atoms with E-state index in [4.69, 9.17) is 23.2 Å². The SMILES string of the molecule is O=C(Nc1ccccc1Cl)C(Cl)c1ccccc1. The average molecular weight is 280 g/mol. The van der Waals surface area contributed by atoms with E-state index in [2.05, 4.69) is 5.32 Å². The predicted molar refractivity (Wildman–Crippen MR) is 75.1 cm³/mol. The van der Waals surface area contributed by atoms with Crippen molar-refractivity contribution >= 4 is 34.8 Å². The van der Waals surface area contributed by atoms with Crippen molar-refractivity contribution in [3.8, 4) is 0 Å². The molecule has 0 aliphatic carbocycles. The maximum atomic E-state index is 12.0. The van der Waals surface area contributed by atoms with Crippen LogP contribution in [0.3, 0.4) is 0 Å². The standard InChI is InChI=1S/C14H11Cl2NO/c15-11-8-4-5-9-12(11)17-14(18)13(16)10-6-2-1-3-7-10/h1-9,13H,(H,17,18). The number of benzene rings is 2. The molecule has 0 heterocycles. The van der Waals surface area contributed by atoms with Crippen molar-refractivity contribution in [2.75, 3.05) is 5.32 Å². The Labute approximate surface area is 116 Å². The van der Waals surface area contributed by atoms with Crippen LogP contribution in [0, 0.1) is 0 Å². The largest absolute Gasteiger partial charge is 0.323 e. The van der Waals surface area contributed by atoms with Crippen molar-refractivity contribution in [1.82, 2.24) is 0 Å². The Morgan fingerprint density at radius 3 is 2.28 bits per heavy atom. The molecule has 1 amide bonds. The quantitative estimate of drug-likeness (QED) is 0.836. The molecule has 4 heteroatoms. The number of carbonyl (C=O) groups is 1. The number of hydrogen-bond acceptors (Lipinski definition) is 1. The Hall–Kier alpha value is -1.51. The number of nitrogens with one attached hydrogen (secondary N) is 1. The lowest BCUT2D eigenvalue weighted by Gasteiger charge is -2.11. The van der Waals surface area contributed by atoms with E-state index in [-0.39, 0.29) is 5.91 Å². The number of para-hydroxylation sites is 1. The number of halogens is 2. The molecule has 0 aromatic heterocycles. The molecule has 2 aromatic rings. The van der Waals surface area contributed by atoms with Gasteiger partial charge in [-0.3, -0.25) is 4.79 Å². The summed E-state index contributed by atoms with van der Waals surface area (Å²) in [6.45, 7) is 0. The maximum absolute atomic E-state index is 12.0. The van der Waals surface area contributed by atoms with E-state index >= 15 is 0 Å². The molecule has 0 radical (unpaired) electrons. The third kappa shape index (κ3) is 3.03. The summed E-state index contributed by atoms with van der Waals surface area (Å²) in [5.41, 5.74) is 1.31. The number of hydrogen-bond donors (Lipinski definition) is 1. The Kier molecular flexibility index (Phi) is 4.24. The monoisotopic (exact) mass is 279 g/mol. The van der Waals surface area contributed by atoms with Gasteiger partial charge in [-0.25, -0.2) is 0 Å². The highest BCUT2D eigenvalue weighted by Crippen LogP contribution is 2.25. The second kappa shape index (κ2) is 5.89. The van der Waals surface area contributed by atoms with Gasteiger partial charge in [-0.2, -0.15) is 0 Å². The Morgan fingerprint density at radius 2 is 1.61 bits per heavy atom. The lowest BCUT2D eigenvalue weighted by Crippen LogP contribution is -2.17. The molecule has 0 saturated carbocycles. The first kappa shape index (κ1) is 12.9. The number of alkyl halides is 1. The molecule has 2 aromatic carbocycles. The minimum atomic E-state index is -0.734. The molecule has 1 unspecified atom stereocenters. The van der Waals surface area contributed by atoms with Gasteiger partial charge in [-0.1, -0.05) is 54.1 Å². The minimum Gasteiger partial charge on any atom is -0.323 e. The summed E-state index contributed by atoms with van der Waals surface area (Å²) in [5, 5.41) is 2.46. The van der Waals surface area contributed by atoms with Crippen LogP contribution in [0.1, 0.15) is 10.9 Å². The molecule has 0 fully saturated rings. The summed E-state index contributed by atoms with van der Waals surface area (Å²) in [4.78, 5) is 12.0. The van der Waals surface area contributed by atoms with Gasteiger partial charge < -0.3 is 5.32 Å². The first-order valence-corrected chi connectivity index (χ1v) is 6.24. The second-order valence-corrected chi connectivity index (χ2v) is 4.59. The Balaban J connectivity index is 2.12. The fourth-order valence-electron chi connectivity index (χ4n) is 1.53. The van der Waals surface area contributed by atoms with Crippen LogP contribution in [0.5, 0.6) is 0 Å². The molecule has 18 heavy (non-hydrogen) atoms. The summed E-state index contributed by atoms with van der Waals surface area (Å²) in [6.07, 6.45) is 0. The van der Waals surface area contributed by atoms with Gasteiger partial charge >= 0.3 is 0 Å². The number of rotatable bonds is 3. The summed E-state index contributed by atoms with van der Waals surface area (Å²) in [7, 11) is 0. The second-order valence-electron chi connectivity index (χ2n) is 3.74. The first-order chi connectivity index (χ1) is 8.68. The molecular weight excluding hydrogens is 269 g/mol. The number of anilines is 1. The van der Waals surface area contributed by atoms with Gasteiger partial charge in [0.05, 0.1) is 10.7 Å². The highest BCUT2D eigenvalue weighted by molar-refractivity contribution is 6.35. The molecule has 0 bridgehead atoms. The Morgan fingerprint density at radius 1 is 1.00 bits per heavy atom. The van der Waals surface area contributed by atoms with Crippen molar-refractivity contribution < 1.29 is 4.79 Å². The van der Waals surface area contributed by atoms with Gasteiger partial charge in [-0.15, -0.1) is 11.6 Å². The van der Waals surface area contributed by atoms with Crippen LogP contribution >= 0.6 is 23.2 Å². The normalized spacial score (nSPS) is 11.9. The molecule has 0 saturated heterocycles. The fourth-order valence-corrected chi connectivity index (χ4v) is 1.92. The summed E-state index contributed by atoms with van der Waals surface area (Å²) in [5.74, 6) is -0.295. The first-order valence-electron chi connectivity index (χ1n) is 5.43. The van der Waals surface area contributed by atoms with E-state index in [1.165, 1.54) is 0 Å². The van der Waals surface area contributed by atoms with Crippen molar-refractivity contribution in [2.24, 2.45) is 0 Å². The third-order valence-electron chi connectivity index (χ3n) is 2.45. The average Bonchev–Trinajstić information content (AvgIpc) is 2.41. The van der Waals surface area contributed by atoms with E-state index in [9.17, 15) is 4.79 Å². The van der Waals surface area contributed by atoms with E-state index in [1.54, 1.807) is 24.3 Å². The molecule has 92 valence electrons. The van der Waals surface area contributed by atoms with Gasteiger partial charge in [0.2, 0.25) is 5.91 Å². The lowest BCUT2D eigenvalue weighted by molar-refractivity contribution is -0.116. The lowest BCUT2D eigenvalue weighted by atomic mass is 10.1. The molecular formula is C14H11Cl2NO. The van der Waals surface area contributed by atoms with Crippen LogP contribution in [0.15, 0.2) is 54.6 Å². The van der Waals surface area contributed by atoms with Gasteiger partial charge in [-0.05, 0) is 17.7 Å². The molecule has 0 aliphatic rings. The van der Waals surface area contributed by atoms with Crippen molar-refractivity contribution in [1.29, 1.82) is 0 Å². The zero-order valence-corrected chi connectivity index (χ0v) is 10.9. The van der Waals surface area contributed by atoms with Crippen molar-refractivity contribution in [2.45, 2.75) is 5.38 Å². The summed E-state index contributed by atoms with van der Waals surface area (Å²) in [6, 6.07) is 16.2. The van der Waals surface area contributed by atoms with Gasteiger partial charge in [0.1, 0.15) is 5.38 Å². The summed E-state index contributed by atoms with van der Waals surface area (Å²) < 4.78 is 0. The van der Waals surface area contributed by atoms with Crippen molar-refractivity contribution in [3.05, 3.63) is 65.2 Å². The zero-order chi connectivity index (χ0) is 13.0. The smallest absolute Gasteiger partial charge is 0.247 e. The van der Waals surface area contributed by atoms with Gasteiger partial charge in [0.25, 0.3) is 0 Å². The molecule has 0 aliphatic heterocycles. The van der Waals surface area contributed by atoms with E-state index in [0.29, 0.717) is 10.7 Å². The fraction of sp³-hybridized carbons (Fsp3) is 0.0714. The van der Waals surface area contributed by atoms with Crippen LogP contribution in [0.2, 0.25) is 5.02 Å². The zero-order valence-electron chi connectivity index (χ0n) is 9.44.